The van der Waals surface area contributed by atoms with Crippen LogP contribution in [-0.2, 0) is 11.8 Å². The third kappa shape index (κ3) is 9.30. The number of imide groups is 4. The van der Waals surface area contributed by atoms with Crippen LogP contribution in [0.2, 0.25) is 0 Å². The van der Waals surface area contributed by atoms with Gasteiger partial charge in [0, 0.05) is 14.1 Å². The Hall–Kier alpha value is -10.5. The van der Waals surface area contributed by atoms with Crippen molar-refractivity contribution in [1.82, 2.24) is 9.80 Å². The second-order valence-electron chi connectivity index (χ2n) is 20.3. The van der Waals surface area contributed by atoms with E-state index in [2.05, 4.69) is 0 Å². The van der Waals surface area contributed by atoms with E-state index < -0.39 is 75.1 Å². The Labute approximate surface area is 473 Å². The van der Waals surface area contributed by atoms with Crippen molar-refractivity contribution in [1.29, 1.82) is 0 Å². The monoisotopic (exact) mass is 1140 g/mol. The molecular weight excluding hydrogens is 1100 g/mol. The maximum atomic E-state index is 14.9. The van der Waals surface area contributed by atoms with Gasteiger partial charge in [-0.3, -0.25) is 48.2 Å². The average molecular weight is 1140 g/mol. The van der Waals surface area contributed by atoms with Gasteiger partial charge in [0.15, 0.2) is 0 Å². The van der Waals surface area contributed by atoms with Gasteiger partial charge in [0.2, 0.25) is 5.41 Å². The summed E-state index contributed by atoms with van der Waals surface area (Å²) < 4.78 is 101. The Morgan fingerprint density at radius 2 is 0.607 bits per heavy atom. The first-order valence-corrected chi connectivity index (χ1v) is 25.7. The fraction of sp³-hybridized carbons (Fsp3) is 0.125. The third-order valence-corrected chi connectivity index (χ3v) is 14.9. The SMILES string of the molecule is Cc1ccc(Oc2ccc(N3C(=O)c4ccc(C(c5ccc6c(c5)C(=O)N(C)C6=O)(C(F)(F)F)C(F)(F)F)cc4C3=O)cc2)cc1.Cc1ccc(Oc2ccc(N3C(=O)c4ccc(Cc5ccc6c(c5)C(=O)N(C)C6=O)cc4C3=O)cc2)cc1. The highest BCUT2D eigenvalue weighted by atomic mass is 19.4. The van der Waals surface area contributed by atoms with Gasteiger partial charge >= 0.3 is 12.4 Å². The van der Waals surface area contributed by atoms with Crippen LogP contribution in [0, 0.1) is 13.8 Å². The van der Waals surface area contributed by atoms with Crippen LogP contribution in [0.15, 0.2) is 170 Å². The Morgan fingerprint density at radius 1 is 0.333 bits per heavy atom. The number of hydrogen-bond donors (Lipinski definition) is 0. The molecule has 8 aromatic carbocycles. The number of amides is 8. The molecule has 12 rings (SSSR count). The van der Waals surface area contributed by atoms with E-state index in [1.165, 1.54) is 36.2 Å². The summed E-state index contributed by atoms with van der Waals surface area (Å²) in [7, 11) is 2.51. The molecule has 0 bridgehead atoms. The minimum Gasteiger partial charge on any atom is -0.457 e. The molecule has 0 fully saturated rings. The van der Waals surface area contributed by atoms with E-state index in [1.807, 2.05) is 50.2 Å². The van der Waals surface area contributed by atoms with Gasteiger partial charge in [0.25, 0.3) is 47.3 Å². The average Bonchev–Trinajstić information content (AvgIpc) is 1.08. The Balaban J connectivity index is 0.000000178. The van der Waals surface area contributed by atoms with Crippen molar-refractivity contribution < 1.29 is 74.2 Å². The first kappa shape index (κ1) is 55.4. The van der Waals surface area contributed by atoms with Gasteiger partial charge in [-0.25, -0.2) is 9.80 Å². The molecule has 8 amide bonds. The quantitative estimate of drug-likeness (QED) is 0.0949. The largest absolute Gasteiger partial charge is 0.457 e. The molecule has 4 aliphatic rings. The molecule has 4 aliphatic heterocycles. The van der Waals surface area contributed by atoms with Crippen molar-refractivity contribution in [2.45, 2.75) is 38.0 Å². The van der Waals surface area contributed by atoms with Gasteiger partial charge in [0.05, 0.1) is 55.9 Å². The van der Waals surface area contributed by atoms with Crippen LogP contribution in [0.5, 0.6) is 23.0 Å². The molecule has 20 heteroatoms. The number of benzene rings is 8. The summed E-state index contributed by atoms with van der Waals surface area (Å²) in [5.74, 6) is -3.31. The van der Waals surface area contributed by atoms with Crippen molar-refractivity contribution in [3.63, 3.8) is 0 Å². The lowest BCUT2D eigenvalue weighted by Crippen LogP contribution is -2.55. The highest BCUT2D eigenvalue weighted by Gasteiger charge is 2.73. The molecule has 8 aromatic rings. The highest BCUT2D eigenvalue weighted by molar-refractivity contribution is 6.35. The molecule has 0 saturated heterocycles. The number of anilines is 2. The number of hydrogen-bond acceptors (Lipinski definition) is 10. The highest BCUT2D eigenvalue weighted by Crippen LogP contribution is 2.57. The second-order valence-corrected chi connectivity index (χ2v) is 20.3. The number of rotatable bonds is 10. The number of carbonyl (C=O) groups excluding carboxylic acids is 8. The summed E-state index contributed by atoms with van der Waals surface area (Å²) in [5.41, 5.74) is -3.88. The predicted octanol–water partition coefficient (Wildman–Crippen LogP) is 12.6. The fourth-order valence-electron chi connectivity index (χ4n) is 10.5. The summed E-state index contributed by atoms with van der Waals surface area (Å²) in [6.07, 6.45) is -11.7. The van der Waals surface area contributed by atoms with Crippen LogP contribution < -0.4 is 19.3 Å². The van der Waals surface area contributed by atoms with Crippen LogP contribution in [0.4, 0.5) is 37.7 Å². The van der Waals surface area contributed by atoms with Gasteiger partial charge in [-0.15, -0.1) is 0 Å². The second kappa shape index (κ2) is 20.5. The zero-order chi connectivity index (χ0) is 59.9. The van der Waals surface area contributed by atoms with Crippen LogP contribution in [0.3, 0.4) is 0 Å². The van der Waals surface area contributed by atoms with Gasteiger partial charge in [-0.05, 0) is 164 Å². The lowest BCUT2D eigenvalue weighted by molar-refractivity contribution is -0.288. The molecule has 84 heavy (non-hydrogen) atoms. The van der Waals surface area contributed by atoms with E-state index in [-0.39, 0.29) is 29.0 Å². The fourth-order valence-corrected chi connectivity index (χ4v) is 10.5. The molecule has 0 spiro atoms. The van der Waals surface area contributed by atoms with Crippen molar-refractivity contribution in [2.24, 2.45) is 0 Å². The number of ether oxygens (including phenoxy) is 2. The van der Waals surface area contributed by atoms with Gasteiger partial charge < -0.3 is 9.47 Å². The van der Waals surface area contributed by atoms with Gasteiger partial charge in [-0.1, -0.05) is 59.7 Å². The number of nitrogens with zero attached hydrogens (tertiary/aromatic N) is 4. The molecule has 0 unspecified atom stereocenters. The Kier molecular flexibility index (Phi) is 13.5. The number of carbonyl (C=O) groups is 8. The first-order valence-electron chi connectivity index (χ1n) is 25.7. The van der Waals surface area contributed by atoms with Gasteiger partial charge in [0.1, 0.15) is 23.0 Å². The van der Waals surface area contributed by atoms with Crippen molar-refractivity contribution in [3.05, 3.63) is 248 Å². The van der Waals surface area contributed by atoms with E-state index >= 15 is 0 Å². The van der Waals surface area contributed by atoms with E-state index in [0.29, 0.717) is 91.4 Å². The normalized spacial score (nSPS) is 14.7. The molecule has 0 aliphatic carbocycles. The molecule has 0 saturated carbocycles. The zero-order valence-electron chi connectivity index (χ0n) is 44.5. The van der Waals surface area contributed by atoms with Crippen molar-refractivity contribution in [3.8, 4) is 23.0 Å². The Bertz CT molecular complexity index is 4130. The van der Waals surface area contributed by atoms with E-state index in [9.17, 15) is 64.7 Å². The van der Waals surface area contributed by atoms with Crippen LogP contribution in [-0.4, -0.2) is 83.5 Å². The number of alkyl halides is 6. The standard InChI is InChI=1S/C33H20F6N2O5.C31H22N2O5/c1-17-3-9-21(10-4-17)46-22-11-7-20(8-12-22)41-29(44)24-14-6-19(16-26(24)30(41)45)31(32(34,35)36,33(37,38)39)18-5-13-23-25(15-18)28(43)40(2)27(23)42;1-18-3-9-22(10-4-18)38-23-11-7-21(8-12-23)33-30(36)25-14-6-20(17-27(25)31(33)37)15-19-5-13-24-26(16-19)29(35)32(2)28(24)34/h3-16H,1-2H3;3-14,16-17H,15H2,1-2H3. The lowest BCUT2D eigenvalue weighted by Gasteiger charge is -2.38. The number of fused-ring (bicyclic) bond motifs is 4. The molecule has 0 radical (unpaired) electrons. The van der Waals surface area contributed by atoms with Crippen LogP contribution in [0.25, 0.3) is 0 Å². The summed E-state index contributed by atoms with van der Waals surface area (Å²) in [6.45, 7) is 3.90. The van der Waals surface area contributed by atoms with Crippen LogP contribution >= 0.6 is 0 Å². The Morgan fingerprint density at radius 3 is 0.964 bits per heavy atom. The number of halogens is 6. The predicted molar refractivity (Wildman–Crippen MR) is 292 cm³/mol. The molecule has 14 nitrogen and oxygen atoms in total. The molecule has 0 aromatic heterocycles. The third-order valence-electron chi connectivity index (χ3n) is 14.9. The summed E-state index contributed by atoms with van der Waals surface area (Å²) in [4.78, 5) is 106. The summed E-state index contributed by atoms with van der Waals surface area (Å²) in [5, 5.41) is 0. The van der Waals surface area contributed by atoms with E-state index in [4.69, 9.17) is 9.47 Å². The lowest BCUT2D eigenvalue weighted by atomic mass is 9.71. The zero-order valence-corrected chi connectivity index (χ0v) is 44.5. The minimum absolute atomic E-state index is 0.00725. The molecular formula is C64H42F6N4O10. The molecule has 0 N–H and O–H groups in total. The maximum Gasteiger partial charge on any atom is 0.411 e. The number of aryl methyl sites for hydroxylation is 2. The van der Waals surface area contributed by atoms with Crippen molar-refractivity contribution in [2.75, 3.05) is 23.9 Å². The summed E-state index contributed by atoms with van der Waals surface area (Å²) in [6, 6.07) is 40.8. The smallest absolute Gasteiger partial charge is 0.411 e. The van der Waals surface area contributed by atoms with E-state index in [0.717, 1.165) is 46.3 Å². The molecule has 420 valence electrons. The van der Waals surface area contributed by atoms with Crippen LogP contribution in [0.1, 0.15) is 116 Å². The van der Waals surface area contributed by atoms with Gasteiger partial charge in [-0.2, -0.15) is 26.3 Å². The molecule has 4 heterocycles. The van der Waals surface area contributed by atoms with Crippen molar-refractivity contribution >= 4 is 58.6 Å². The first-order chi connectivity index (χ1) is 39.9. The topological polar surface area (TPSA) is 168 Å². The minimum atomic E-state index is -6.05. The van der Waals surface area contributed by atoms with E-state index in [1.54, 1.807) is 72.8 Å². The summed E-state index contributed by atoms with van der Waals surface area (Å²) >= 11 is 0. The molecule has 0 atom stereocenters. The maximum absolute atomic E-state index is 14.9.